The quantitative estimate of drug-likeness (QED) is 0.757. The van der Waals surface area contributed by atoms with E-state index in [2.05, 4.69) is 6.92 Å². The van der Waals surface area contributed by atoms with Crippen LogP contribution in [0, 0.1) is 11.6 Å². The molecule has 2 rings (SSSR count). The molecule has 0 heterocycles. The van der Waals surface area contributed by atoms with Gasteiger partial charge < -0.3 is 5.11 Å². The average Bonchev–Trinajstić information content (AvgIpc) is 2.50. The fraction of sp³-hybridized carbons (Fsp3) is 0.278. The van der Waals surface area contributed by atoms with Gasteiger partial charge in [-0.15, -0.1) is 0 Å². The van der Waals surface area contributed by atoms with Crippen LogP contribution < -0.4 is 0 Å². The summed E-state index contributed by atoms with van der Waals surface area (Å²) in [7, 11) is 0. The van der Waals surface area contributed by atoms with E-state index in [1.165, 1.54) is 0 Å². The number of halogens is 2. The molecule has 4 heteroatoms. The van der Waals surface area contributed by atoms with E-state index in [9.17, 15) is 13.6 Å². The summed E-state index contributed by atoms with van der Waals surface area (Å²) >= 11 is 0. The molecule has 22 heavy (non-hydrogen) atoms. The first-order chi connectivity index (χ1) is 10.5. The Morgan fingerprint density at radius 2 is 1.73 bits per heavy atom. The van der Waals surface area contributed by atoms with Crippen LogP contribution in [0.15, 0.2) is 36.4 Å². The third kappa shape index (κ3) is 3.70. The van der Waals surface area contributed by atoms with Gasteiger partial charge in [0, 0.05) is 5.56 Å². The van der Waals surface area contributed by atoms with E-state index in [1.54, 1.807) is 12.1 Å². The van der Waals surface area contributed by atoms with Crippen molar-refractivity contribution in [3.63, 3.8) is 0 Å². The molecule has 0 aliphatic rings. The Labute approximate surface area is 128 Å². The van der Waals surface area contributed by atoms with Crippen molar-refractivity contribution in [1.82, 2.24) is 0 Å². The lowest BCUT2D eigenvalue weighted by Gasteiger charge is -2.07. The summed E-state index contributed by atoms with van der Waals surface area (Å²) in [6.45, 7) is 2.14. The third-order valence-corrected chi connectivity index (χ3v) is 3.62. The number of benzene rings is 2. The van der Waals surface area contributed by atoms with Crippen LogP contribution in [-0.4, -0.2) is 11.1 Å². The van der Waals surface area contributed by atoms with Gasteiger partial charge in [-0.3, -0.25) is 0 Å². The van der Waals surface area contributed by atoms with Crippen molar-refractivity contribution in [2.45, 2.75) is 32.6 Å². The maximum Gasteiger partial charge on any atom is 0.338 e. The first-order valence-corrected chi connectivity index (χ1v) is 7.34. The van der Waals surface area contributed by atoms with Crippen molar-refractivity contribution in [3.8, 4) is 11.1 Å². The van der Waals surface area contributed by atoms with E-state index in [0.29, 0.717) is 5.56 Å². The van der Waals surface area contributed by atoms with E-state index >= 15 is 0 Å². The molecule has 0 saturated heterocycles. The van der Waals surface area contributed by atoms with Gasteiger partial charge in [0.2, 0.25) is 0 Å². The molecule has 0 unspecified atom stereocenters. The number of rotatable bonds is 6. The Kier molecular flexibility index (Phi) is 5.26. The molecular weight excluding hydrogens is 286 g/mol. The Balaban J connectivity index is 2.25. The van der Waals surface area contributed by atoms with Gasteiger partial charge in [0.1, 0.15) is 11.6 Å². The summed E-state index contributed by atoms with van der Waals surface area (Å²) in [5, 5.41) is 8.78. The second kappa shape index (κ2) is 7.16. The monoisotopic (exact) mass is 304 g/mol. The molecule has 0 aliphatic heterocycles. The van der Waals surface area contributed by atoms with E-state index < -0.39 is 23.2 Å². The van der Waals surface area contributed by atoms with Crippen LogP contribution in [0.4, 0.5) is 8.78 Å². The Hall–Kier alpha value is -2.23. The van der Waals surface area contributed by atoms with Crippen LogP contribution in [0.1, 0.15) is 42.1 Å². The third-order valence-electron chi connectivity index (χ3n) is 3.62. The molecule has 116 valence electrons. The number of hydrogen-bond acceptors (Lipinski definition) is 1. The summed E-state index contributed by atoms with van der Waals surface area (Å²) in [6, 6.07) is 8.92. The van der Waals surface area contributed by atoms with Crippen LogP contribution in [0.25, 0.3) is 11.1 Å². The number of aryl methyl sites for hydroxylation is 1. The van der Waals surface area contributed by atoms with Gasteiger partial charge in [-0.1, -0.05) is 44.0 Å². The van der Waals surface area contributed by atoms with Crippen molar-refractivity contribution in [1.29, 1.82) is 0 Å². The van der Waals surface area contributed by atoms with Crippen LogP contribution in [0.2, 0.25) is 0 Å². The first-order valence-electron chi connectivity index (χ1n) is 7.34. The standard InChI is InChI=1S/C18H18F2O2/c1-2-3-4-5-12-6-8-13(9-7-12)14-10-17(20)15(18(21)22)11-16(14)19/h6-11H,2-5H2,1H3,(H,21,22). The molecule has 2 nitrogen and oxygen atoms in total. The van der Waals surface area contributed by atoms with E-state index in [1.807, 2.05) is 12.1 Å². The zero-order valence-electron chi connectivity index (χ0n) is 12.4. The van der Waals surface area contributed by atoms with Crippen molar-refractivity contribution in [2.75, 3.05) is 0 Å². The molecule has 0 aromatic heterocycles. The predicted octanol–water partition coefficient (Wildman–Crippen LogP) is 5.06. The van der Waals surface area contributed by atoms with Crippen LogP contribution in [0.5, 0.6) is 0 Å². The summed E-state index contributed by atoms with van der Waals surface area (Å²) < 4.78 is 27.7. The van der Waals surface area contributed by atoms with Crippen molar-refractivity contribution in [2.24, 2.45) is 0 Å². The van der Waals surface area contributed by atoms with Crippen LogP contribution in [-0.2, 0) is 6.42 Å². The number of aromatic carboxylic acids is 1. The van der Waals surface area contributed by atoms with E-state index in [4.69, 9.17) is 5.11 Å². The molecule has 0 aliphatic carbocycles. The second-order valence-electron chi connectivity index (χ2n) is 5.27. The smallest absolute Gasteiger partial charge is 0.338 e. The van der Waals surface area contributed by atoms with Crippen LogP contribution >= 0.6 is 0 Å². The van der Waals surface area contributed by atoms with Gasteiger partial charge in [-0.05, 0) is 36.1 Å². The van der Waals surface area contributed by atoms with Gasteiger partial charge in [-0.2, -0.15) is 0 Å². The first kappa shape index (κ1) is 16.1. The second-order valence-corrected chi connectivity index (χ2v) is 5.27. The molecule has 2 aromatic carbocycles. The lowest BCUT2D eigenvalue weighted by molar-refractivity contribution is 0.0691. The zero-order chi connectivity index (χ0) is 16.1. The topological polar surface area (TPSA) is 37.3 Å². The molecule has 0 fully saturated rings. The number of unbranched alkanes of at least 4 members (excludes halogenated alkanes) is 2. The van der Waals surface area contributed by atoms with E-state index in [0.717, 1.165) is 43.4 Å². The van der Waals surface area contributed by atoms with Crippen molar-refractivity contribution >= 4 is 5.97 Å². The van der Waals surface area contributed by atoms with E-state index in [-0.39, 0.29) is 5.56 Å². The summed E-state index contributed by atoms with van der Waals surface area (Å²) in [5.74, 6) is -3.15. The Morgan fingerprint density at radius 3 is 2.32 bits per heavy atom. The molecule has 2 aromatic rings. The highest BCUT2D eigenvalue weighted by Gasteiger charge is 2.16. The highest BCUT2D eigenvalue weighted by atomic mass is 19.1. The van der Waals surface area contributed by atoms with Crippen LogP contribution in [0.3, 0.4) is 0 Å². The highest BCUT2D eigenvalue weighted by Crippen LogP contribution is 2.26. The van der Waals surface area contributed by atoms with Gasteiger partial charge >= 0.3 is 5.97 Å². The highest BCUT2D eigenvalue weighted by molar-refractivity contribution is 5.88. The van der Waals surface area contributed by atoms with Crippen molar-refractivity contribution < 1.29 is 18.7 Å². The predicted molar refractivity (Wildman–Crippen MR) is 82.0 cm³/mol. The maximum absolute atomic E-state index is 14.0. The van der Waals surface area contributed by atoms with Gasteiger partial charge in [0.05, 0.1) is 5.56 Å². The fourth-order valence-electron chi connectivity index (χ4n) is 2.36. The summed E-state index contributed by atoms with van der Waals surface area (Å²) in [4.78, 5) is 10.8. The number of hydrogen-bond donors (Lipinski definition) is 1. The molecular formula is C18H18F2O2. The SMILES string of the molecule is CCCCCc1ccc(-c2cc(F)c(C(=O)O)cc2F)cc1. The lowest BCUT2D eigenvalue weighted by atomic mass is 9.99. The largest absolute Gasteiger partial charge is 0.478 e. The molecule has 0 spiro atoms. The normalized spacial score (nSPS) is 10.7. The van der Waals surface area contributed by atoms with Gasteiger partial charge in [0.25, 0.3) is 0 Å². The minimum Gasteiger partial charge on any atom is -0.478 e. The minimum absolute atomic E-state index is 0.0719. The maximum atomic E-state index is 14.0. The molecule has 0 bridgehead atoms. The fourth-order valence-corrected chi connectivity index (χ4v) is 2.36. The summed E-state index contributed by atoms with van der Waals surface area (Å²) in [5.41, 5.74) is 1.10. The Morgan fingerprint density at radius 1 is 1.05 bits per heavy atom. The van der Waals surface area contributed by atoms with Gasteiger partial charge in [0.15, 0.2) is 0 Å². The molecule has 0 atom stereocenters. The Bertz CT molecular complexity index is 664. The lowest BCUT2D eigenvalue weighted by Crippen LogP contribution is -2.02. The average molecular weight is 304 g/mol. The number of carboxylic acid groups (broad SMARTS) is 1. The molecule has 0 saturated carbocycles. The number of carboxylic acids is 1. The number of carbonyl (C=O) groups is 1. The molecule has 0 amide bonds. The van der Waals surface area contributed by atoms with Crippen molar-refractivity contribution in [3.05, 3.63) is 59.2 Å². The molecule has 0 radical (unpaired) electrons. The zero-order valence-corrected chi connectivity index (χ0v) is 12.4. The summed E-state index contributed by atoms with van der Waals surface area (Å²) in [6.07, 6.45) is 4.38. The molecule has 1 N–H and O–H groups in total. The minimum atomic E-state index is -1.48. The van der Waals surface area contributed by atoms with Gasteiger partial charge in [-0.25, -0.2) is 13.6 Å².